The first kappa shape index (κ1) is 26.3. The Morgan fingerprint density at radius 1 is 1.08 bits per heavy atom. The van der Waals surface area contributed by atoms with Crippen molar-refractivity contribution in [2.24, 2.45) is 17.8 Å². The van der Waals surface area contributed by atoms with E-state index >= 15 is 0 Å². The number of benzene rings is 1. The van der Waals surface area contributed by atoms with Crippen molar-refractivity contribution in [1.29, 1.82) is 5.41 Å². The third kappa shape index (κ3) is 5.31. The first-order chi connectivity index (χ1) is 18.2. The molecule has 5 rings (SSSR count). The molecule has 0 radical (unpaired) electrons. The second kappa shape index (κ2) is 10.5. The molecule has 2 fully saturated rings. The average molecular weight is 515 g/mol. The molecule has 1 aromatic carbocycles. The lowest BCUT2D eigenvalue weighted by Gasteiger charge is -2.50. The first-order valence-electron chi connectivity index (χ1n) is 14.0. The third-order valence-corrected chi connectivity index (χ3v) is 8.55. The van der Waals surface area contributed by atoms with Crippen LogP contribution < -0.4 is 10.1 Å². The standard InChI is InChI=1S/C32H42N4O2/c1-20-14-25-15-21(2)18-32(17-20,19-25)35-31-28(11-8-24-6-9-27(38-5)10-7-24)34-29-16-26(12-13-36(29)31)30(22(3)33)23(4)37/h6-7,9-10,12-13,16,20-21,25,33,35,37H,8,11,14-15,17-19H2,1-5H3/b30-23+,33-22?. The molecule has 0 amide bonds. The molecule has 2 aliphatic rings. The fraction of sp³-hybridized carbons (Fsp3) is 0.500. The molecule has 2 saturated carbocycles. The molecule has 2 bridgehead atoms. The van der Waals surface area contributed by atoms with Crippen LogP contribution in [0.4, 0.5) is 5.82 Å². The van der Waals surface area contributed by atoms with Gasteiger partial charge in [0, 0.05) is 23.0 Å². The number of imidazole rings is 1. The topological polar surface area (TPSA) is 82.6 Å². The Morgan fingerprint density at radius 3 is 2.37 bits per heavy atom. The molecule has 202 valence electrons. The van der Waals surface area contributed by atoms with Gasteiger partial charge in [0.2, 0.25) is 0 Å². The van der Waals surface area contributed by atoms with Crippen molar-refractivity contribution in [2.45, 2.75) is 78.2 Å². The van der Waals surface area contributed by atoms with Crippen molar-refractivity contribution in [1.82, 2.24) is 9.38 Å². The molecule has 2 aromatic heterocycles. The predicted octanol–water partition coefficient (Wildman–Crippen LogP) is 7.47. The van der Waals surface area contributed by atoms with Gasteiger partial charge in [0.25, 0.3) is 0 Å². The van der Waals surface area contributed by atoms with E-state index in [0.29, 0.717) is 11.3 Å². The molecule has 3 aromatic rings. The number of hydrogen-bond acceptors (Lipinski definition) is 5. The molecule has 0 saturated heterocycles. The van der Waals surface area contributed by atoms with Crippen LogP contribution in [0.25, 0.3) is 11.2 Å². The Hall–Kier alpha value is -3.28. The number of rotatable bonds is 8. The van der Waals surface area contributed by atoms with Gasteiger partial charge in [-0.05, 0) is 112 Å². The zero-order chi connectivity index (χ0) is 27.0. The highest BCUT2D eigenvalue weighted by molar-refractivity contribution is 6.21. The molecular weight excluding hydrogens is 472 g/mol. The molecular formula is C32H42N4O2. The fourth-order valence-electron chi connectivity index (χ4n) is 7.42. The van der Waals surface area contributed by atoms with Crippen LogP contribution in [-0.2, 0) is 12.8 Å². The van der Waals surface area contributed by atoms with Gasteiger partial charge in [-0.25, -0.2) is 4.98 Å². The lowest BCUT2D eigenvalue weighted by Crippen LogP contribution is -2.50. The molecule has 2 unspecified atom stereocenters. The van der Waals surface area contributed by atoms with Gasteiger partial charge >= 0.3 is 0 Å². The maximum Gasteiger partial charge on any atom is 0.139 e. The van der Waals surface area contributed by atoms with Gasteiger partial charge in [-0.3, -0.25) is 4.40 Å². The summed E-state index contributed by atoms with van der Waals surface area (Å²) >= 11 is 0. The monoisotopic (exact) mass is 514 g/mol. The number of anilines is 1. The van der Waals surface area contributed by atoms with E-state index in [2.05, 4.69) is 41.9 Å². The highest BCUT2D eigenvalue weighted by Gasteiger charge is 2.45. The summed E-state index contributed by atoms with van der Waals surface area (Å²) in [5.41, 5.74) is 4.99. The van der Waals surface area contributed by atoms with Crippen LogP contribution in [0.2, 0.25) is 0 Å². The van der Waals surface area contributed by atoms with Crippen molar-refractivity contribution in [2.75, 3.05) is 12.4 Å². The zero-order valence-electron chi connectivity index (χ0n) is 23.5. The van der Waals surface area contributed by atoms with Crippen molar-refractivity contribution in [3.8, 4) is 5.75 Å². The molecule has 2 atom stereocenters. The SMILES string of the molecule is COc1ccc(CCc2nc3cc(/C(C(C)=N)=C(\C)O)ccn3c2NC23CC(C)CC(CC(C)C2)C3)cc1. The minimum Gasteiger partial charge on any atom is -0.512 e. The first-order valence-corrected chi connectivity index (χ1v) is 14.0. The maximum atomic E-state index is 10.3. The van der Waals surface area contributed by atoms with Crippen LogP contribution in [0.15, 0.2) is 48.4 Å². The Kier molecular flexibility index (Phi) is 7.26. The quantitative estimate of drug-likeness (QED) is 0.215. The normalized spacial score (nSPS) is 25.7. The second-order valence-electron chi connectivity index (χ2n) is 12.0. The average Bonchev–Trinajstić information content (AvgIpc) is 3.17. The van der Waals surface area contributed by atoms with Crippen molar-refractivity contribution >= 4 is 22.7 Å². The maximum absolute atomic E-state index is 10.3. The summed E-state index contributed by atoms with van der Waals surface area (Å²) in [6.45, 7) is 8.17. The summed E-state index contributed by atoms with van der Waals surface area (Å²) in [6.07, 6.45) is 10.1. The number of aromatic nitrogens is 2. The minimum atomic E-state index is 0.0990. The molecule has 3 N–H and O–H groups in total. The smallest absolute Gasteiger partial charge is 0.139 e. The highest BCUT2D eigenvalue weighted by atomic mass is 16.5. The Bertz CT molecular complexity index is 1330. The number of methoxy groups -OCH3 is 1. The van der Waals surface area contributed by atoms with Crippen LogP contribution in [-0.4, -0.2) is 32.9 Å². The second-order valence-corrected chi connectivity index (χ2v) is 12.0. The fourth-order valence-corrected chi connectivity index (χ4v) is 7.42. The Balaban J connectivity index is 1.54. The number of aliphatic hydroxyl groups is 1. The molecule has 0 aliphatic heterocycles. The van der Waals surface area contributed by atoms with Gasteiger partial charge in [0.05, 0.1) is 18.6 Å². The number of hydrogen-bond donors (Lipinski definition) is 3. The number of ether oxygens (including phenoxy) is 1. The van der Waals surface area contributed by atoms with Crippen LogP contribution in [0.5, 0.6) is 5.75 Å². The van der Waals surface area contributed by atoms with Crippen molar-refractivity contribution in [3.05, 3.63) is 65.2 Å². The number of fused-ring (bicyclic) bond motifs is 3. The van der Waals surface area contributed by atoms with Crippen LogP contribution in [0, 0.1) is 23.2 Å². The van der Waals surface area contributed by atoms with E-state index in [1.165, 1.54) is 37.7 Å². The van der Waals surface area contributed by atoms with Gasteiger partial charge in [0.1, 0.15) is 17.2 Å². The Labute approximate surface area is 226 Å². The number of nitrogens with one attached hydrogen (secondary N) is 2. The summed E-state index contributed by atoms with van der Waals surface area (Å²) in [7, 11) is 1.69. The van der Waals surface area contributed by atoms with Gasteiger partial charge in [0.15, 0.2) is 0 Å². The van der Waals surface area contributed by atoms with Gasteiger partial charge in [-0.2, -0.15) is 0 Å². The van der Waals surface area contributed by atoms with Crippen molar-refractivity contribution < 1.29 is 9.84 Å². The molecule has 2 heterocycles. The van der Waals surface area contributed by atoms with Gasteiger partial charge in [-0.15, -0.1) is 0 Å². The van der Waals surface area contributed by atoms with E-state index in [1.807, 2.05) is 24.3 Å². The lowest BCUT2D eigenvalue weighted by atomic mass is 9.61. The van der Waals surface area contributed by atoms with Gasteiger partial charge in [-0.1, -0.05) is 26.0 Å². The van der Waals surface area contributed by atoms with E-state index in [4.69, 9.17) is 15.1 Å². The van der Waals surface area contributed by atoms with Crippen LogP contribution >= 0.6 is 0 Å². The Morgan fingerprint density at radius 2 is 1.76 bits per heavy atom. The summed E-state index contributed by atoms with van der Waals surface area (Å²) in [6, 6.07) is 12.3. The lowest BCUT2D eigenvalue weighted by molar-refractivity contribution is 0.0970. The summed E-state index contributed by atoms with van der Waals surface area (Å²) < 4.78 is 7.51. The molecule has 2 aliphatic carbocycles. The van der Waals surface area contributed by atoms with Gasteiger partial charge < -0.3 is 20.6 Å². The van der Waals surface area contributed by atoms with E-state index in [9.17, 15) is 5.11 Å². The molecule has 6 heteroatoms. The van der Waals surface area contributed by atoms with Crippen molar-refractivity contribution in [3.63, 3.8) is 0 Å². The molecule has 38 heavy (non-hydrogen) atoms. The number of nitrogens with zero attached hydrogens (tertiary/aromatic N) is 2. The molecule has 6 nitrogen and oxygen atoms in total. The largest absolute Gasteiger partial charge is 0.512 e. The summed E-state index contributed by atoms with van der Waals surface area (Å²) in [5, 5.41) is 22.6. The summed E-state index contributed by atoms with van der Waals surface area (Å²) in [4.78, 5) is 5.13. The minimum absolute atomic E-state index is 0.0990. The van der Waals surface area contributed by atoms with E-state index in [0.717, 1.165) is 59.1 Å². The van der Waals surface area contributed by atoms with E-state index in [-0.39, 0.29) is 11.3 Å². The predicted molar refractivity (Wildman–Crippen MR) is 155 cm³/mol. The molecule has 0 spiro atoms. The van der Waals surface area contributed by atoms with E-state index < -0.39 is 0 Å². The van der Waals surface area contributed by atoms with Crippen LogP contribution in [0.3, 0.4) is 0 Å². The van der Waals surface area contributed by atoms with Crippen LogP contribution in [0.1, 0.15) is 76.6 Å². The van der Waals surface area contributed by atoms with E-state index in [1.54, 1.807) is 21.0 Å². The summed E-state index contributed by atoms with van der Waals surface area (Å²) in [5.74, 6) is 4.35. The number of aryl methyl sites for hydroxylation is 2. The third-order valence-electron chi connectivity index (χ3n) is 8.55. The number of pyridine rings is 1. The highest BCUT2D eigenvalue weighted by Crippen LogP contribution is 2.49. The zero-order valence-corrected chi connectivity index (χ0v) is 23.5. The number of allylic oxidation sites excluding steroid dienone is 2. The number of aliphatic hydroxyl groups excluding tert-OH is 1.